The van der Waals surface area contributed by atoms with Gasteiger partial charge >= 0.3 is 6.18 Å². The summed E-state index contributed by atoms with van der Waals surface area (Å²) in [4.78, 5) is 30.7. The monoisotopic (exact) mass is 510 g/mol. The van der Waals surface area contributed by atoms with E-state index < -0.39 is 30.1 Å². The number of halogens is 4. The summed E-state index contributed by atoms with van der Waals surface area (Å²) in [6, 6.07) is 2.14. The van der Waals surface area contributed by atoms with Crippen molar-refractivity contribution in [2.45, 2.75) is 45.1 Å². The van der Waals surface area contributed by atoms with Crippen molar-refractivity contribution < 1.29 is 27.9 Å². The zero-order valence-corrected chi connectivity index (χ0v) is 19.5. The van der Waals surface area contributed by atoms with Gasteiger partial charge in [0, 0.05) is 24.3 Å². The summed E-state index contributed by atoms with van der Waals surface area (Å²) in [6.45, 7) is 2.46. The SMILES string of the molecule is CC[C@H](N1Cc2cc(-c3ccn4nc(N)c(C(=O)N[C@H](C)CO)c4n3)cc(Cl)c2C1=O)C(F)(F)F. The minimum atomic E-state index is -4.57. The molecule has 4 N–H and O–H groups in total. The number of aromatic nitrogens is 3. The number of nitrogens with zero attached hydrogens (tertiary/aromatic N) is 4. The molecule has 0 spiro atoms. The fourth-order valence-corrected chi connectivity index (χ4v) is 4.44. The van der Waals surface area contributed by atoms with Gasteiger partial charge in [-0.1, -0.05) is 18.5 Å². The van der Waals surface area contributed by atoms with Gasteiger partial charge < -0.3 is 21.1 Å². The molecule has 0 saturated carbocycles. The first-order chi connectivity index (χ1) is 16.5. The second kappa shape index (κ2) is 9.00. The zero-order valence-electron chi connectivity index (χ0n) is 18.7. The van der Waals surface area contributed by atoms with Crippen molar-refractivity contribution in [1.29, 1.82) is 0 Å². The predicted molar refractivity (Wildman–Crippen MR) is 122 cm³/mol. The van der Waals surface area contributed by atoms with Gasteiger partial charge in [-0.15, -0.1) is 5.10 Å². The zero-order chi connectivity index (χ0) is 25.7. The molecule has 0 unspecified atom stereocenters. The first-order valence-corrected chi connectivity index (χ1v) is 11.1. The number of nitrogens with two attached hydrogens (primary N) is 1. The Morgan fingerprint density at radius 2 is 2.09 bits per heavy atom. The van der Waals surface area contributed by atoms with Crippen molar-refractivity contribution >= 4 is 34.9 Å². The molecule has 0 saturated heterocycles. The first-order valence-electron chi connectivity index (χ1n) is 10.7. The Labute approximate surface area is 202 Å². The molecule has 1 aliphatic rings. The van der Waals surface area contributed by atoms with Crippen LogP contribution in [0.1, 0.15) is 46.5 Å². The molecular weight excluding hydrogens is 489 g/mol. The van der Waals surface area contributed by atoms with Crippen LogP contribution in [0.15, 0.2) is 24.4 Å². The maximum atomic E-state index is 13.5. The maximum absolute atomic E-state index is 13.5. The largest absolute Gasteiger partial charge is 0.408 e. The van der Waals surface area contributed by atoms with E-state index in [0.29, 0.717) is 16.8 Å². The lowest BCUT2D eigenvalue weighted by atomic mass is 10.0. The topological polar surface area (TPSA) is 126 Å². The van der Waals surface area contributed by atoms with Crippen LogP contribution in [0.2, 0.25) is 5.02 Å². The van der Waals surface area contributed by atoms with E-state index in [2.05, 4.69) is 15.4 Å². The number of carbonyl (C=O) groups excluding carboxylic acids is 2. The fraction of sp³-hybridized carbons (Fsp3) is 0.364. The fourth-order valence-electron chi connectivity index (χ4n) is 4.12. The Balaban J connectivity index is 1.74. The van der Waals surface area contributed by atoms with Crippen molar-refractivity contribution in [3.63, 3.8) is 0 Å². The van der Waals surface area contributed by atoms with E-state index in [4.69, 9.17) is 17.3 Å². The average Bonchev–Trinajstić information content (AvgIpc) is 3.28. The van der Waals surface area contributed by atoms with Crippen molar-refractivity contribution in [2.75, 3.05) is 12.3 Å². The van der Waals surface area contributed by atoms with Crippen molar-refractivity contribution in [3.8, 4) is 11.3 Å². The number of nitrogen functional groups attached to an aromatic ring is 1. The standard InChI is InChI=1S/C22H22ClF3N6O3/c1-3-15(22(24,25)26)31-8-12-6-11(7-13(23)16(12)21(31)35)14-4-5-32-19(29-14)17(18(27)30-32)20(34)28-10(2)9-33/h4-7,10,15,33H,3,8-9H2,1-2H3,(H2,27,30)(H,28,34)/t10-,15+/m1/s1. The smallest absolute Gasteiger partial charge is 0.394 e. The van der Waals surface area contributed by atoms with Crippen LogP contribution in [0.5, 0.6) is 0 Å². The van der Waals surface area contributed by atoms with Gasteiger partial charge in [-0.25, -0.2) is 9.50 Å². The molecule has 2 aromatic heterocycles. The summed E-state index contributed by atoms with van der Waals surface area (Å²) < 4.78 is 41.7. The Hall–Kier alpha value is -3.38. The highest BCUT2D eigenvalue weighted by Crippen LogP contribution is 2.38. The molecule has 1 aromatic carbocycles. The number of rotatable bonds is 6. The Bertz CT molecular complexity index is 1330. The lowest BCUT2D eigenvalue weighted by Crippen LogP contribution is -2.45. The molecule has 3 heterocycles. The summed E-state index contributed by atoms with van der Waals surface area (Å²) >= 11 is 6.34. The summed E-state index contributed by atoms with van der Waals surface area (Å²) in [5.41, 5.74) is 7.24. The van der Waals surface area contributed by atoms with Gasteiger partial charge in [-0.2, -0.15) is 13.2 Å². The van der Waals surface area contributed by atoms with E-state index in [0.717, 1.165) is 4.90 Å². The molecule has 0 bridgehead atoms. The molecule has 13 heteroatoms. The number of benzene rings is 1. The van der Waals surface area contributed by atoms with E-state index in [1.54, 1.807) is 19.1 Å². The van der Waals surface area contributed by atoms with Gasteiger partial charge in [0.25, 0.3) is 11.8 Å². The number of fused-ring (bicyclic) bond motifs is 2. The van der Waals surface area contributed by atoms with Crippen LogP contribution in [-0.4, -0.2) is 61.3 Å². The van der Waals surface area contributed by atoms with E-state index >= 15 is 0 Å². The lowest BCUT2D eigenvalue weighted by Gasteiger charge is -2.28. The van der Waals surface area contributed by atoms with E-state index in [1.807, 2.05) is 0 Å². The molecule has 9 nitrogen and oxygen atoms in total. The molecule has 2 atom stereocenters. The van der Waals surface area contributed by atoms with Gasteiger partial charge in [-0.3, -0.25) is 9.59 Å². The number of hydrogen-bond acceptors (Lipinski definition) is 6. The normalized spacial score (nSPS) is 15.4. The predicted octanol–water partition coefficient (Wildman–Crippen LogP) is 3.04. The molecule has 186 valence electrons. The Kier molecular flexibility index (Phi) is 6.36. The van der Waals surface area contributed by atoms with Gasteiger partial charge in [0.2, 0.25) is 0 Å². The van der Waals surface area contributed by atoms with Crippen LogP contribution in [0, 0.1) is 0 Å². The van der Waals surface area contributed by atoms with Crippen molar-refractivity contribution in [3.05, 3.63) is 46.1 Å². The Morgan fingerprint density at radius 3 is 2.71 bits per heavy atom. The van der Waals surface area contributed by atoms with Gasteiger partial charge in [-0.05, 0) is 37.1 Å². The van der Waals surface area contributed by atoms with Crippen LogP contribution < -0.4 is 11.1 Å². The molecular formula is C22H22ClF3N6O3. The minimum absolute atomic E-state index is 0.00598. The summed E-state index contributed by atoms with van der Waals surface area (Å²) in [5.74, 6) is -1.41. The molecule has 0 radical (unpaired) electrons. The van der Waals surface area contributed by atoms with Gasteiger partial charge in [0.1, 0.15) is 11.6 Å². The number of aliphatic hydroxyl groups is 1. The molecule has 1 aliphatic heterocycles. The third-order valence-electron chi connectivity index (χ3n) is 5.81. The van der Waals surface area contributed by atoms with E-state index in [-0.39, 0.29) is 47.2 Å². The van der Waals surface area contributed by atoms with Gasteiger partial charge in [0.15, 0.2) is 11.5 Å². The van der Waals surface area contributed by atoms with Gasteiger partial charge in [0.05, 0.1) is 22.9 Å². The molecule has 3 aromatic rings. The summed E-state index contributed by atoms with van der Waals surface area (Å²) in [7, 11) is 0. The molecule has 0 aliphatic carbocycles. The van der Waals surface area contributed by atoms with E-state index in [1.165, 1.54) is 23.7 Å². The number of carbonyl (C=O) groups is 2. The third kappa shape index (κ3) is 4.39. The van der Waals surface area contributed by atoms with Crippen LogP contribution >= 0.6 is 11.6 Å². The summed E-state index contributed by atoms with van der Waals surface area (Å²) in [5, 5.41) is 15.9. The second-order valence-electron chi connectivity index (χ2n) is 8.29. The quantitative estimate of drug-likeness (QED) is 0.468. The molecule has 4 rings (SSSR count). The second-order valence-corrected chi connectivity index (χ2v) is 8.70. The molecule has 35 heavy (non-hydrogen) atoms. The van der Waals surface area contributed by atoms with Crippen LogP contribution in [0.4, 0.5) is 19.0 Å². The highest BCUT2D eigenvalue weighted by Gasteiger charge is 2.47. The number of alkyl halides is 3. The van der Waals surface area contributed by atoms with Crippen LogP contribution in [-0.2, 0) is 6.54 Å². The highest BCUT2D eigenvalue weighted by molar-refractivity contribution is 6.34. The molecule has 2 amide bonds. The van der Waals surface area contributed by atoms with Crippen LogP contribution in [0.25, 0.3) is 16.9 Å². The third-order valence-corrected chi connectivity index (χ3v) is 6.11. The maximum Gasteiger partial charge on any atom is 0.408 e. The average molecular weight is 511 g/mol. The number of hydrogen-bond donors (Lipinski definition) is 3. The minimum Gasteiger partial charge on any atom is -0.394 e. The number of amides is 2. The first kappa shape index (κ1) is 24.7. The van der Waals surface area contributed by atoms with Crippen molar-refractivity contribution in [1.82, 2.24) is 24.8 Å². The molecule has 0 fully saturated rings. The number of nitrogens with one attached hydrogen (secondary N) is 1. The lowest BCUT2D eigenvalue weighted by molar-refractivity contribution is -0.177. The number of aliphatic hydroxyl groups excluding tert-OH is 1. The van der Waals surface area contributed by atoms with Crippen LogP contribution in [0.3, 0.4) is 0 Å². The van der Waals surface area contributed by atoms with E-state index in [9.17, 15) is 27.9 Å². The Morgan fingerprint density at radius 1 is 1.37 bits per heavy atom. The summed E-state index contributed by atoms with van der Waals surface area (Å²) in [6.07, 6.45) is -3.33. The highest BCUT2D eigenvalue weighted by atomic mass is 35.5. The number of anilines is 1. The van der Waals surface area contributed by atoms with Crippen molar-refractivity contribution in [2.24, 2.45) is 0 Å².